The Morgan fingerprint density at radius 2 is 1.79 bits per heavy atom. The van der Waals surface area contributed by atoms with Gasteiger partial charge in [0.15, 0.2) is 11.5 Å². The number of rotatable bonds is 9. The molecule has 0 fully saturated rings. The smallest absolute Gasteiger partial charge is 0.161 e. The molecule has 0 atom stereocenters. The van der Waals surface area contributed by atoms with Crippen molar-refractivity contribution in [2.45, 2.75) is 45.4 Å². The Kier molecular flexibility index (Phi) is 7.01. The van der Waals surface area contributed by atoms with Gasteiger partial charge < -0.3 is 9.47 Å². The molecule has 3 nitrogen and oxygen atoms in total. The van der Waals surface area contributed by atoms with E-state index in [1.807, 2.05) is 18.2 Å². The number of methoxy groups -OCH3 is 2. The summed E-state index contributed by atoms with van der Waals surface area (Å²) in [4.78, 5) is 11.9. The fourth-order valence-electron chi connectivity index (χ4n) is 2.06. The first-order valence-corrected chi connectivity index (χ1v) is 6.93. The minimum Gasteiger partial charge on any atom is -0.493 e. The zero-order valence-electron chi connectivity index (χ0n) is 12.2. The highest BCUT2D eigenvalue weighted by atomic mass is 16.5. The van der Waals surface area contributed by atoms with Gasteiger partial charge in [0.2, 0.25) is 0 Å². The molecule has 0 saturated carbocycles. The second-order valence-corrected chi connectivity index (χ2v) is 4.72. The van der Waals surface area contributed by atoms with Crippen molar-refractivity contribution in [1.29, 1.82) is 0 Å². The number of ether oxygens (including phenoxy) is 2. The fraction of sp³-hybridized carbons (Fsp3) is 0.562. The van der Waals surface area contributed by atoms with E-state index in [-0.39, 0.29) is 0 Å². The fourth-order valence-corrected chi connectivity index (χ4v) is 2.06. The summed E-state index contributed by atoms with van der Waals surface area (Å²) in [5.74, 6) is 1.67. The van der Waals surface area contributed by atoms with Crippen LogP contribution in [-0.4, -0.2) is 20.0 Å². The minimum atomic E-state index is 0.295. The third kappa shape index (κ3) is 5.33. The van der Waals surface area contributed by atoms with Crippen molar-refractivity contribution in [2.75, 3.05) is 14.2 Å². The largest absolute Gasteiger partial charge is 0.493 e. The molecule has 0 bridgehead atoms. The van der Waals surface area contributed by atoms with Gasteiger partial charge in [-0.1, -0.05) is 32.3 Å². The van der Waals surface area contributed by atoms with E-state index in [2.05, 4.69) is 6.92 Å². The van der Waals surface area contributed by atoms with Crippen LogP contribution >= 0.6 is 0 Å². The highest BCUT2D eigenvalue weighted by molar-refractivity contribution is 5.81. The lowest BCUT2D eigenvalue weighted by molar-refractivity contribution is -0.118. The number of unbranched alkanes of at least 4 members (excludes halogenated alkanes) is 3. The van der Waals surface area contributed by atoms with E-state index in [1.54, 1.807) is 14.2 Å². The maximum Gasteiger partial charge on any atom is 0.161 e. The molecule has 0 aliphatic rings. The molecule has 0 amide bonds. The number of Topliss-reactive ketones (excluding diaryl/α,β-unsaturated/α-hetero) is 1. The van der Waals surface area contributed by atoms with E-state index in [4.69, 9.17) is 9.47 Å². The van der Waals surface area contributed by atoms with Gasteiger partial charge in [-0.3, -0.25) is 4.79 Å². The van der Waals surface area contributed by atoms with Crippen molar-refractivity contribution in [1.82, 2.24) is 0 Å². The summed E-state index contributed by atoms with van der Waals surface area (Å²) in [7, 11) is 3.21. The molecule has 0 heterocycles. The summed E-state index contributed by atoms with van der Waals surface area (Å²) >= 11 is 0. The van der Waals surface area contributed by atoms with E-state index < -0.39 is 0 Å². The third-order valence-corrected chi connectivity index (χ3v) is 3.16. The first-order chi connectivity index (χ1) is 9.21. The lowest BCUT2D eigenvalue weighted by atomic mass is 10.0. The Hall–Kier alpha value is -1.51. The van der Waals surface area contributed by atoms with Gasteiger partial charge in [0.1, 0.15) is 5.78 Å². The number of ketones is 1. The van der Waals surface area contributed by atoms with Crippen molar-refractivity contribution >= 4 is 5.78 Å². The monoisotopic (exact) mass is 264 g/mol. The number of hydrogen-bond donors (Lipinski definition) is 0. The van der Waals surface area contributed by atoms with Crippen LogP contribution < -0.4 is 9.47 Å². The molecule has 0 radical (unpaired) electrons. The van der Waals surface area contributed by atoms with Gasteiger partial charge >= 0.3 is 0 Å². The summed E-state index contributed by atoms with van der Waals surface area (Å²) in [5.41, 5.74) is 0.984. The maximum absolute atomic E-state index is 11.9. The molecule has 0 aliphatic carbocycles. The molecule has 19 heavy (non-hydrogen) atoms. The molecule has 1 rings (SSSR count). The molecular weight excluding hydrogens is 240 g/mol. The first-order valence-electron chi connectivity index (χ1n) is 6.93. The van der Waals surface area contributed by atoms with Crippen LogP contribution in [0.15, 0.2) is 18.2 Å². The molecule has 0 unspecified atom stereocenters. The predicted octanol–water partition coefficient (Wildman–Crippen LogP) is 3.79. The quantitative estimate of drug-likeness (QED) is 0.637. The molecule has 0 spiro atoms. The molecule has 0 aliphatic heterocycles. The van der Waals surface area contributed by atoms with Crippen LogP contribution in [0.5, 0.6) is 11.5 Å². The third-order valence-electron chi connectivity index (χ3n) is 3.16. The summed E-state index contributed by atoms with van der Waals surface area (Å²) in [6.07, 6.45) is 5.71. The number of carbonyl (C=O) groups excluding carboxylic acids is 1. The molecular formula is C16H24O3. The zero-order chi connectivity index (χ0) is 14.1. The molecule has 1 aromatic carbocycles. The van der Waals surface area contributed by atoms with Crippen LogP contribution in [0.2, 0.25) is 0 Å². The normalized spacial score (nSPS) is 10.3. The number of hydrogen-bond acceptors (Lipinski definition) is 3. The summed E-state index contributed by atoms with van der Waals surface area (Å²) in [6.45, 7) is 2.17. The van der Waals surface area contributed by atoms with E-state index in [9.17, 15) is 4.79 Å². The Bertz CT molecular complexity index is 399. The van der Waals surface area contributed by atoms with Crippen LogP contribution in [0.3, 0.4) is 0 Å². The summed E-state index contributed by atoms with van der Waals surface area (Å²) < 4.78 is 10.4. The Balaban J connectivity index is 2.50. The van der Waals surface area contributed by atoms with Gasteiger partial charge in [0.25, 0.3) is 0 Å². The van der Waals surface area contributed by atoms with Gasteiger partial charge in [-0.05, 0) is 24.1 Å². The lowest BCUT2D eigenvalue weighted by Gasteiger charge is -2.09. The molecule has 106 valence electrons. The van der Waals surface area contributed by atoms with Crippen molar-refractivity contribution in [3.8, 4) is 11.5 Å². The van der Waals surface area contributed by atoms with Gasteiger partial charge in [0, 0.05) is 12.8 Å². The van der Waals surface area contributed by atoms with Crippen molar-refractivity contribution < 1.29 is 14.3 Å². The second-order valence-electron chi connectivity index (χ2n) is 4.72. The highest BCUT2D eigenvalue weighted by Gasteiger charge is 2.08. The molecule has 1 aromatic rings. The van der Waals surface area contributed by atoms with Crippen LogP contribution in [-0.2, 0) is 11.2 Å². The SMILES string of the molecule is CCCCCCC(=O)Cc1ccc(OC)c(OC)c1. The van der Waals surface area contributed by atoms with Crippen LogP contribution in [0, 0.1) is 0 Å². The van der Waals surface area contributed by atoms with E-state index >= 15 is 0 Å². The van der Waals surface area contributed by atoms with Crippen LogP contribution in [0.1, 0.15) is 44.6 Å². The molecule has 0 N–H and O–H groups in total. The van der Waals surface area contributed by atoms with Gasteiger partial charge in [-0.25, -0.2) is 0 Å². The first kappa shape index (κ1) is 15.5. The average molecular weight is 264 g/mol. The van der Waals surface area contributed by atoms with Crippen molar-refractivity contribution in [3.63, 3.8) is 0 Å². The zero-order valence-corrected chi connectivity index (χ0v) is 12.2. The second kappa shape index (κ2) is 8.57. The summed E-state index contributed by atoms with van der Waals surface area (Å²) in [6, 6.07) is 5.65. The Morgan fingerprint density at radius 3 is 2.42 bits per heavy atom. The van der Waals surface area contributed by atoms with Crippen molar-refractivity contribution in [3.05, 3.63) is 23.8 Å². The maximum atomic E-state index is 11.9. The molecule has 0 saturated heterocycles. The van der Waals surface area contributed by atoms with E-state index in [1.165, 1.54) is 12.8 Å². The molecule has 3 heteroatoms. The van der Waals surface area contributed by atoms with Crippen molar-refractivity contribution in [2.24, 2.45) is 0 Å². The standard InChI is InChI=1S/C16H24O3/c1-4-5-6-7-8-14(17)11-13-9-10-15(18-2)16(12-13)19-3/h9-10,12H,4-8,11H2,1-3H3. The highest BCUT2D eigenvalue weighted by Crippen LogP contribution is 2.27. The van der Waals surface area contributed by atoms with Gasteiger partial charge in [0.05, 0.1) is 14.2 Å². The minimum absolute atomic E-state index is 0.295. The lowest BCUT2D eigenvalue weighted by Crippen LogP contribution is -2.03. The number of carbonyl (C=O) groups is 1. The van der Waals surface area contributed by atoms with Gasteiger partial charge in [-0.15, -0.1) is 0 Å². The Labute approximate surface area is 115 Å². The van der Waals surface area contributed by atoms with Gasteiger partial charge in [-0.2, -0.15) is 0 Å². The predicted molar refractivity (Wildman–Crippen MR) is 77.0 cm³/mol. The summed E-state index contributed by atoms with van der Waals surface area (Å²) in [5, 5.41) is 0. The van der Waals surface area contributed by atoms with E-state index in [0.29, 0.717) is 30.1 Å². The topological polar surface area (TPSA) is 35.5 Å². The van der Waals surface area contributed by atoms with E-state index in [0.717, 1.165) is 18.4 Å². The number of benzene rings is 1. The average Bonchev–Trinajstić information content (AvgIpc) is 2.43. The molecule has 0 aromatic heterocycles. The van der Waals surface area contributed by atoms with Crippen LogP contribution in [0.4, 0.5) is 0 Å². The Morgan fingerprint density at radius 1 is 1.05 bits per heavy atom. The van der Waals surface area contributed by atoms with Crippen LogP contribution in [0.25, 0.3) is 0 Å².